The van der Waals surface area contributed by atoms with Gasteiger partial charge in [-0.2, -0.15) is 8.42 Å². The number of hydrogen-bond donors (Lipinski definition) is 0. The number of rotatable bonds is 5. The van der Waals surface area contributed by atoms with Crippen molar-refractivity contribution >= 4 is 26.0 Å². The fourth-order valence-electron chi connectivity index (χ4n) is 2.18. The van der Waals surface area contributed by atoms with E-state index in [9.17, 15) is 8.42 Å². The lowest BCUT2D eigenvalue weighted by atomic mass is 10.1. The lowest BCUT2D eigenvalue weighted by Gasteiger charge is -2.13. The van der Waals surface area contributed by atoms with Crippen LogP contribution in [0.5, 0.6) is 17.2 Å². The highest BCUT2D eigenvalue weighted by Crippen LogP contribution is 2.36. The molecular weight excluding hydrogens is 384 g/mol. The summed E-state index contributed by atoms with van der Waals surface area (Å²) < 4.78 is 41.0. The van der Waals surface area contributed by atoms with Crippen LogP contribution >= 0.6 is 15.9 Å². The second-order valence-corrected chi connectivity index (χ2v) is 7.37. The molecule has 0 atom stereocenters. The van der Waals surface area contributed by atoms with Crippen LogP contribution in [0.15, 0.2) is 39.7 Å². The smallest absolute Gasteiger partial charge is 0.340 e. The first-order valence-electron chi connectivity index (χ1n) is 6.71. The maximum atomic E-state index is 12.6. The summed E-state index contributed by atoms with van der Waals surface area (Å²) in [7, 11) is -1.10. The van der Waals surface area contributed by atoms with E-state index in [4.69, 9.17) is 13.7 Å². The topological polar surface area (TPSA) is 61.8 Å². The minimum absolute atomic E-state index is 0.0330. The first-order valence-corrected chi connectivity index (χ1v) is 8.91. The summed E-state index contributed by atoms with van der Waals surface area (Å²) in [6, 6.07) is 8.15. The zero-order chi connectivity index (χ0) is 17.2. The van der Waals surface area contributed by atoms with Gasteiger partial charge in [0.1, 0.15) is 10.6 Å². The first kappa shape index (κ1) is 17.6. The average Bonchev–Trinajstić information content (AvgIpc) is 2.44. The molecule has 0 heterocycles. The van der Waals surface area contributed by atoms with Crippen LogP contribution in [0.2, 0.25) is 0 Å². The molecule has 23 heavy (non-hydrogen) atoms. The van der Waals surface area contributed by atoms with Crippen molar-refractivity contribution in [1.29, 1.82) is 0 Å². The van der Waals surface area contributed by atoms with Gasteiger partial charge in [-0.3, -0.25) is 0 Å². The van der Waals surface area contributed by atoms with E-state index in [-0.39, 0.29) is 10.6 Å². The summed E-state index contributed by atoms with van der Waals surface area (Å²) in [6.07, 6.45) is 0. The van der Waals surface area contributed by atoms with Gasteiger partial charge in [-0.25, -0.2) is 0 Å². The predicted octanol–water partition coefficient (Wildman–Crippen LogP) is 3.85. The third-order valence-electron chi connectivity index (χ3n) is 3.11. The Morgan fingerprint density at radius 1 is 0.870 bits per heavy atom. The van der Waals surface area contributed by atoms with Crippen molar-refractivity contribution in [2.45, 2.75) is 18.7 Å². The summed E-state index contributed by atoms with van der Waals surface area (Å²) in [4.78, 5) is -0.0330. The van der Waals surface area contributed by atoms with Crippen molar-refractivity contribution in [3.8, 4) is 17.2 Å². The molecule has 0 unspecified atom stereocenters. The van der Waals surface area contributed by atoms with E-state index < -0.39 is 10.1 Å². The second-order valence-electron chi connectivity index (χ2n) is 5.00. The SMILES string of the molecule is COc1cc(Br)c(S(=O)(=O)Oc2cc(C)cc(C)c2)cc1OC. The van der Waals surface area contributed by atoms with Gasteiger partial charge in [0.15, 0.2) is 11.5 Å². The molecule has 0 aliphatic carbocycles. The summed E-state index contributed by atoms with van der Waals surface area (Å²) in [6.45, 7) is 3.75. The van der Waals surface area contributed by atoms with Gasteiger partial charge in [-0.15, -0.1) is 0 Å². The normalized spacial score (nSPS) is 11.2. The van der Waals surface area contributed by atoms with Crippen LogP contribution in [-0.2, 0) is 10.1 Å². The van der Waals surface area contributed by atoms with E-state index in [0.29, 0.717) is 16.0 Å². The van der Waals surface area contributed by atoms with Crippen molar-refractivity contribution in [2.24, 2.45) is 0 Å². The van der Waals surface area contributed by atoms with Crippen LogP contribution in [0.1, 0.15) is 11.1 Å². The molecule has 7 heteroatoms. The minimum atomic E-state index is -4.02. The monoisotopic (exact) mass is 400 g/mol. The zero-order valence-corrected chi connectivity index (χ0v) is 15.6. The van der Waals surface area contributed by atoms with Gasteiger partial charge >= 0.3 is 10.1 Å². The molecule has 0 aromatic heterocycles. The highest BCUT2D eigenvalue weighted by molar-refractivity contribution is 9.10. The van der Waals surface area contributed by atoms with Gasteiger partial charge in [0.05, 0.1) is 14.2 Å². The standard InChI is InChI=1S/C16H17BrO5S/c1-10-5-11(2)7-12(6-10)22-23(18,19)16-9-15(21-4)14(20-3)8-13(16)17/h5-9H,1-4H3. The van der Waals surface area contributed by atoms with Gasteiger partial charge in [-0.1, -0.05) is 6.07 Å². The fourth-order valence-corrected chi connectivity index (χ4v) is 4.09. The van der Waals surface area contributed by atoms with E-state index in [1.807, 2.05) is 19.9 Å². The number of methoxy groups -OCH3 is 2. The van der Waals surface area contributed by atoms with Crippen LogP contribution in [0.25, 0.3) is 0 Å². The number of halogens is 1. The van der Waals surface area contributed by atoms with Crippen LogP contribution in [-0.4, -0.2) is 22.6 Å². The largest absolute Gasteiger partial charge is 0.493 e. The summed E-state index contributed by atoms with van der Waals surface area (Å²) in [5, 5.41) is 0. The van der Waals surface area contributed by atoms with Gasteiger partial charge in [0.25, 0.3) is 0 Å². The van der Waals surface area contributed by atoms with Gasteiger partial charge < -0.3 is 13.7 Å². The molecule has 0 radical (unpaired) electrons. The van der Waals surface area contributed by atoms with Crippen molar-refractivity contribution in [3.05, 3.63) is 45.9 Å². The Labute approximate surface area is 144 Å². The zero-order valence-electron chi connectivity index (χ0n) is 13.2. The molecule has 2 rings (SSSR count). The Hall–Kier alpha value is -1.73. The average molecular weight is 401 g/mol. The summed E-state index contributed by atoms with van der Waals surface area (Å²) >= 11 is 3.23. The van der Waals surface area contributed by atoms with Gasteiger partial charge in [0, 0.05) is 10.5 Å². The van der Waals surface area contributed by atoms with Crippen molar-refractivity contribution in [1.82, 2.24) is 0 Å². The number of benzene rings is 2. The molecular formula is C16H17BrO5S. The van der Waals surface area contributed by atoms with Gasteiger partial charge in [-0.05, 0) is 59.1 Å². The molecule has 2 aromatic rings. The number of ether oxygens (including phenoxy) is 2. The molecule has 0 bridgehead atoms. The minimum Gasteiger partial charge on any atom is -0.493 e. The Morgan fingerprint density at radius 3 is 1.91 bits per heavy atom. The van der Waals surface area contributed by atoms with Crippen molar-refractivity contribution < 1.29 is 22.1 Å². The van der Waals surface area contributed by atoms with E-state index in [0.717, 1.165) is 11.1 Å². The third-order valence-corrected chi connectivity index (χ3v) is 5.32. The summed E-state index contributed by atoms with van der Waals surface area (Å²) in [5.74, 6) is 0.993. The summed E-state index contributed by atoms with van der Waals surface area (Å²) in [5.41, 5.74) is 1.84. The quantitative estimate of drug-likeness (QED) is 0.713. The van der Waals surface area contributed by atoms with Crippen LogP contribution < -0.4 is 13.7 Å². The van der Waals surface area contributed by atoms with E-state index in [1.165, 1.54) is 26.4 Å². The van der Waals surface area contributed by atoms with E-state index >= 15 is 0 Å². The van der Waals surface area contributed by atoms with Crippen molar-refractivity contribution in [3.63, 3.8) is 0 Å². The molecule has 0 N–H and O–H groups in total. The molecule has 0 aliphatic rings. The third kappa shape index (κ3) is 3.97. The lowest BCUT2D eigenvalue weighted by molar-refractivity contribution is 0.353. The molecule has 0 spiro atoms. The Kier molecular flexibility index (Phi) is 5.21. The van der Waals surface area contributed by atoms with Crippen LogP contribution in [0.3, 0.4) is 0 Å². The Morgan fingerprint density at radius 2 is 1.39 bits per heavy atom. The highest BCUT2D eigenvalue weighted by Gasteiger charge is 2.23. The van der Waals surface area contributed by atoms with E-state index in [2.05, 4.69) is 15.9 Å². The Bertz CT molecular complexity index is 810. The molecule has 0 saturated heterocycles. The highest BCUT2D eigenvalue weighted by atomic mass is 79.9. The first-order chi connectivity index (χ1) is 10.8. The predicted molar refractivity (Wildman–Crippen MR) is 91.0 cm³/mol. The van der Waals surface area contributed by atoms with Gasteiger partial charge in [0.2, 0.25) is 0 Å². The molecule has 0 amide bonds. The molecule has 0 aliphatic heterocycles. The fraction of sp³-hybridized carbons (Fsp3) is 0.250. The number of aryl methyl sites for hydroxylation is 2. The van der Waals surface area contributed by atoms with Crippen molar-refractivity contribution in [2.75, 3.05) is 14.2 Å². The molecule has 124 valence electrons. The molecule has 0 fully saturated rings. The maximum absolute atomic E-state index is 12.6. The lowest BCUT2D eigenvalue weighted by Crippen LogP contribution is -2.11. The number of hydrogen-bond acceptors (Lipinski definition) is 5. The van der Waals surface area contributed by atoms with E-state index in [1.54, 1.807) is 12.1 Å². The maximum Gasteiger partial charge on any atom is 0.340 e. The molecule has 0 saturated carbocycles. The van der Waals surface area contributed by atoms with Crippen LogP contribution in [0.4, 0.5) is 0 Å². The Balaban J connectivity index is 2.47. The second kappa shape index (κ2) is 6.80. The molecule has 5 nitrogen and oxygen atoms in total. The molecule has 2 aromatic carbocycles. The van der Waals surface area contributed by atoms with Crippen LogP contribution in [0, 0.1) is 13.8 Å².